The maximum absolute atomic E-state index is 13.8. The average molecular weight is 728 g/mol. The van der Waals surface area contributed by atoms with Crippen molar-refractivity contribution in [1.29, 1.82) is 0 Å². The minimum absolute atomic E-state index is 0.0360. The summed E-state index contributed by atoms with van der Waals surface area (Å²) in [4.78, 5) is 42.2. The predicted molar refractivity (Wildman–Crippen MR) is 203 cm³/mol. The van der Waals surface area contributed by atoms with E-state index in [0.29, 0.717) is 45.6 Å². The van der Waals surface area contributed by atoms with Crippen molar-refractivity contribution in [2.75, 3.05) is 28.7 Å². The number of nitrogens with one attached hydrogen (secondary N) is 1. The van der Waals surface area contributed by atoms with Gasteiger partial charge in [0.05, 0.1) is 28.6 Å². The minimum Gasteiger partial charge on any atom is -0.491 e. The van der Waals surface area contributed by atoms with Gasteiger partial charge >= 0.3 is 0 Å². The zero-order valence-corrected chi connectivity index (χ0v) is 30.6. The first-order valence-electron chi connectivity index (χ1n) is 17.8. The fourth-order valence-corrected chi connectivity index (χ4v) is 9.91. The molecular formula is C41H44Cl2N4O4. The van der Waals surface area contributed by atoms with Gasteiger partial charge in [0.2, 0.25) is 11.8 Å². The van der Waals surface area contributed by atoms with Crippen molar-refractivity contribution in [3.63, 3.8) is 0 Å². The van der Waals surface area contributed by atoms with Crippen LogP contribution in [0.5, 0.6) is 0 Å². The van der Waals surface area contributed by atoms with Crippen molar-refractivity contribution < 1.29 is 19.1 Å². The number of rotatable bonds is 10. The van der Waals surface area contributed by atoms with E-state index in [1.807, 2.05) is 55.5 Å². The van der Waals surface area contributed by atoms with Crippen LogP contribution in [0.2, 0.25) is 10.0 Å². The molecule has 0 aromatic heterocycles. The van der Waals surface area contributed by atoms with E-state index in [1.54, 1.807) is 36.2 Å². The van der Waals surface area contributed by atoms with Crippen LogP contribution >= 0.6 is 23.2 Å². The van der Waals surface area contributed by atoms with E-state index in [0.717, 1.165) is 40.3 Å². The topological polar surface area (TPSA) is 105 Å². The monoisotopic (exact) mass is 726 g/mol. The van der Waals surface area contributed by atoms with Gasteiger partial charge in [0.15, 0.2) is 0 Å². The predicted octanol–water partition coefficient (Wildman–Crippen LogP) is 8.51. The van der Waals surface area contributed by atoms with Gasteiger partial charge < -0.3 is 20.7 Å². The van der Waals surface area contributed by atoms with Gasteiger partial charge in [0.1, 0.15) is 12.4 Å². The molecule has 266 valence electrons. The number of amides is 3. The molecule has 3 aromatic rings. The third-order valence-corrected chi connectivity index (χ3v) is 12.1. The molecule has 5 aliphatic rings. The lowest BCUT2D eigenvalue weighted by atomic mass is 9.49. The van der Waals surface area contributed by atoms with Crippen molar-refractivity contribution in [3.8, 4) is 0 Å². The van der Waals surface area contributed by atoms with Crippen molar-refractivity contribution >= 4 is 64.1 Å². The highest BCUT2D eigenvalue weighted by Crippen LogP contribution is 2.61. The summed E-state index contributed by atoms with van der Waals surface area (Å²) in [5.41, 5.74) is 10.7. The van der Waals surface area contributed by atoms with Gasteiger partial charge in [0.25, 0.3) is 5.91 Å². The molecule has 3 N–H and O–H groups in total. The van der Waals surface area contributed by atoms with E-state index in [1.165, 1.54) is 43.4 Å². The van der Waals surface area contributed by atoms with Crippen molar-refractivity contribution in [1.82, 2.24) is 0 Å². The van der Waals surface area contributed by atoms with Gasteiger partial charge in [-0.2, -0.15) is 0 Å². The number of allylic oxidation sites excluding steroid dienone is 2. The van der Waals surface area contributed by atoms with Gasteiger partial charge in [-0.25, -0.2) is 0 Å². The molecule has 0 radical (unpaired) electrons. The van der Waals surface area contributed by atoms with Crippen LogP contribution < -0.4 is 20.9 Å². The Labute approximate surface area is 309 Å². The largest absolute Gasteiger partial charge is 0.491 e. The molecule has 4 aliphatic carbocycles. The van der Waals surface area contributed by atoms with Crippen molar-refractivity contribution in [2.24, 2.45) is 28.9 Å². The van der Waals surface area contributed by atoms with Crippen LogP contribution in [0.3, 0.4) is 0 Å². The van der Waals surface area contributed by atoms with Gasteiger partial charge in [-0.15, -0.1) is 0 Å². The number of para-hydroxylation sites is 1. The lowest BCUT2D eigenvalue weighted by Crippen LogP contribution is -2.47. The molecular weight excluding hydrogens is 683 g/mol. The number of hydrogen-bond donors (Lipinski definition) is 2. The van der Waals surface area contributed by atoms with E-state index in [2.05, 4.69) is 5.32 Å². The number of anilines is 3. The Kier molecular flexibility index (Phi) is 10.0. The van der Waals surface area contributed by atoms with E-state index in [4.69, 9.17) is 33.7 Å². The molecule has 4 saturated carbocycles. The molecule has 8 rings (SSSR count). The molecule has 51 heavy (non-hydrogen) atoms. The fraction of sp³-hybridized carbons (Fsp3) is 0.390. The summed E-state index contributed by atoms with van der Waals surface area (Å²) in [7, 11) is 1.60. The maximum Gasteiger partial charge on any atom is 0.255 e. The Morgan fingerprint density at radius 1 is 0.980 bits per heavy atom. The summed E-state index contributed by atoms with van der Waals surface area (Å²) in [6, 6.07) is 18.7. The molecule has 0 saturated heterocycles. The number of benzene rings is 3. The minimum atomic E-state index is -0.291. The Morgan fingerprint density at radius 3 is 2.31 bits per heavy atom. The number of ether oxygens (including phenoxy) is 1. The molecule has 1 aliphatic heterocycles. The number of hydrogen-bond acceptors (Lipinski definition) is 5. The molecule has 8 nitrogen and oxygen atoms in total. The normalized spacial score (nSPS) is 23.4. The lowest BCUT2D eigenvalue weighted by molar-refractivity contribution is -0.124. The lowest BCUT2D eigenvalue weighted by Gasteiger charge is -2.56. The van der Waals surface area contributed by atoms with Crippen LogP contribution in [0.15, 0.2) is 78.2 Å². The summed E-state index contributed by atoms with van der Waals surface area (Å²) in [5, 5.41) is 3.83. The van der Waals surface area contributed by atoms with E-state index >= 15 is 0 Å². The number of carbonyl (C=O) groups excluding carboxylic acids is 3. The van der Waals surface area contributed by atoms with E-state index < -0.39 is 0 Å². The molecule has 10 heteroatoms. The van der Waals surface area contributed by atoms with Gasteiger partial charge in [0, 0.05) is 42.2 Å². The Hall–Kier alpha value is -4.11. The summed E-state index contributed by atoms with van der Waals surface area (Å²) in [6.07, 6.45) is 12.1. The zero-order valence-electron chi connectivity index (χ0n) is 29.1. The molecule has 0 spiro atoms. The maximum atomic E-state index is 13.8. The Morgan fingerprint density at radius 2 is 1.65 bits per heavy atom. The highest BCUT2D eigenvalue weighted by Gasteiger charge is 2.51. The molecule has 0 atom stereocenters. The number of carbonyl (C=O) groups is 3. The second kappa shape index (κ2) is 14.5. The SMILES string of the molecule is CC1=C(OCc2c(Cl)ccc(N(C)C(=O)CN)c2Cl)Cc2ccccc2N1C(=O)C=Cc1ccc(NC(=O)CC23CC4CC(CC(C4)C2)C3)cc1. The summed E-state index contributed by atoms with van der Waals surface area (Å²) >= 11 is 13.2. The van der Waals surface area contributed by atoms with E-state index in [-0.39, 0.29) is 36.3 Å². The van der Waals surface area contributed by atoms with Crippen LogP contribution in [0.25, 0.3) is 6.08 Å². The van der Waals surface area contributed by atoms with Crippen LogP contribution in [-0.2, 0) is 32.1 Å². The van der Waals surface area contributed by atoms with Crippen LogP contribution in [-0.4, -0.2) is 31.3 Å². The van der Waals surface area contributed by atoms with Gasteiger partial charge in [-0.3, -0.25) is 19.3 Å². The molecule has 4 fully saturated rings. The molecule has 3 aromatic carbocycles. The van der Waals surface area contributed by atoms with Gasteiger partial charge in [-0.1, -0.05) is 53.5 Å². The number of halogens is 2. The van der Waals surface area contributed by atoms with Crippen LogP contribution in [0, 0.1) is 23.2 Å². The average Bonchev–Trinajstić information content (AvgIpc) is 3.09. The zero-order chi connectivity index (χ0) is 35.9. The fourth-order valence-electron chi connectivity index (χ4n) is 9.30. The van der Waals surface area contributed by atoms with Crippen molar-refractivity contribution in [2.45, 2.75) is 64.9 Å². The van der Waals surface area contributed by atoms with Crippen LogP contribution in [0.4, 0.5) is 17.1 Å². The highest BCUT2D eigenvalue weighted by molar-refractivity contribution is 6.38. The molecule has 1 heterocycles. The molecule has 3 amide bonds. The van der Waals surface area contributed by atoms with Gasteiger partial charge in [-0.05, 0) is 116 Å². The molecule has 4 bridgehead atoms. The first-order valence-corrected chi connectivity index (χ1v) is 18.5. The standard InChI is InChI=1S/C41H44Cl2N4O4/c1-25-36(51-24-32-33(42)12-13-35(40(32)43)46(2)39(50)23-44)18-30-5-3-4-6-34(30)47(25)38(49)14-9-26-7-10-31(11-8-26)45-37(48)22-41-19-27-15-28(20-41)17-29(16-27)21-41/h3-14,27-29H,15-24,44H2,1-2H3,(H,45,48). The second-order valence-electron chi connectivity index (χ2n) is 14.9. The van der Waals surface area contributed by atoms with Crippen LogP contribution in [0.1, 0.15) is 68.6 Å². The summed E-state index contributed by atoms with van der Waals surface area (Å²) in [6.45, 7) is 1.73. The molecule has 0 unspecified atom stereocenters. The van der Waals surface area contributed by atoms with Crippen molar-refractivity contribution in [3.05, 3.63) is 105 Å². The first-order chi connectivity index (χ1) is 24.5. The Balaban J connectivity index is 1.02. The number of nitrogens with two attached hydrogens (primary N) is 1. The number of nitrogens with zero attached hydrogens (tertiary/aromatic N) is 2. The number of fused-ring (bicyclic) bond motifs is 1. The second-order valence-corrected chi connectivity index (χ2v) is 15.7. The Bertz CT molecular complexity index is 1890. The first kappa shape index (κ1) is 35.3. The number of likely N-dealkylation sites (N-methyl/N-ethyl adjacent to an activating group) is 1. The quantitative estimate of drug-likeness (QED) is 0.204. The highest BCUT2D eigenvalue weighted by atomic mass is 35.5. The third-order valence-electron chi connectivity index (χ3n) is 11.3. The third kappa shape index (κ3) is 7.32. The summed E-state index contributed by atoms with van der Waals surface area (Å²) in [5.74, 6) is 2.64. The van der Waals surface area contributed by atoms with E-state index in [9.17, 15) is 14.4 Å². The summed E-state index contributed by atoms with van der Waals surface area (Å²) < 4.78 is 6.32. The smallest absolute Gasteiger partial charge is 0.255 e.